The maximum Gasteiger partial charge on any atom is 0.237 e. The van der Waals surface area contributed by atoms with Crippen LogP contribution in [-0.4, -0.2) is 35.3 Å². The Kier molecular flexibility index (Phi) is 6.34. The fourth-order valence-electron chi connectivity index (χ4n) is 1.98. The SMILES string of the molecule is CCCCN(C)C(=O)C(C)(C)C(=O)NCc1cccnc1. The molecule has 1 aromatic rings. The average molecular weight is 291 g/mol. The summed E-state index contributed by atoms with van der Waals surface area (Å²) < 4.78 is 0. The average Bonchev–Trinajstić information content (AvgIpc) is 2.50. The molecule has 1 N–H and O–H groups in total. The number of rotatable bonds is 7. The van der Waals surface area contributed by atoms with Crippen LogP contribution in [-0.2, 0) is 16.1 Å². The summed E-state index contributed by atoms with van der Waals surface area (Å²) in [7, 11) is 1.74. The van der Waals surface area contributed by atoms with E-state index in [0.717, 1.165) is 18.4 Å². The lowest BCUT2D eigenvalue weighted by atomic mass is 9.90. The van der Waals surface area contributed by atoms with E-state index in [4.69, 9.17) is 0 Å². The van der Waals surface area contributed by atoms with E-state index in [0.29, 0.717) is 13.1 Å². The number of amides is 2. The second-order valence-electron chi connectivity index (χ2n) is 5.75. The van der Waals surface area contributed by atoms with Crippen LogP contribution in [0.5, 0.6) is 0 Å². The van der Waals surface area contributed by atoms with Crippen molar-refractivity contribution in [2.75, 3.05) is 13.6 Å². The third-order valence-electron chi connectivity index (χ3n) is 3.47. The Labute approximate surface area is 126 Å². The van der Waals surface area contributed by atoms with Crippen LogP contribution in [0.3, 0.4) is 0 Å². The monoisotopic (exact) mass is 291 g/mol. The molecule has 0 spiro atoms. The number of pyridine rings is 1. The number of carbonyl (C=O) groups excluding carboxylic acids is 2. The molecule has 0 aliphatic heterocycles. The van der Waals surface area contributed by atoms with Gasteiger partial charge >= 0.3 is 0 Å². The smallest absolute Gasteiger partial charge is 0.237 e. The highest BCUT2D eigenvalue weighted by Gasteiger charge is 2.37. The van der Waals surface area contributed by atoms with Gasteiger partial charge in [-0.3, -0.25) is 14.6 Å². The van der Waals surface area contributed by atoms with Crippen LogP contribution in [0.25, 0.3) is 0 Å². The van der Waals surface area contributed by atoms with Crippen molar-refractivity contribution < 1.29 is 9.59 Å². The van der Waals surface area contributed by atoms with E-state index < -0.39 is 5.41 Å². The molecule has 5 heteroatoms. The van der Waals surface area contributed by atoms with Gasteiger partial charge in [-0.25, -0.2) is 0 Å². The summed E-state index contributed by atoms with van der Waals surface area (Å²) in [5.74, 6) is -0.417. The third kappa shape index (κ3) is 4.85. The molecule has 5 nitrogen and oxygen atoms in total. The first kappa shape index (κ1) is 17.1. The molecule has 21 heavy (non-hydrogen) atoms. The fraction of sp³-hybridized carbons (Fsp3) is 0.562. The van der Waals surface area contributed by atoms with Crippen molar-refractivity contribution in [3.63, 3.8) is 0 Å². The van der Waals surface area contributed by atoms with Crippen LogP contribution in [0.2, 0.25) is 0 Å². The van der Waals surface area contributed by atoms with E-state index >= 15 is 0 Å². The first-order valence-corrected chi connectivity index (χ1v) is 7.32. The zero-order valence-corrected chi connectivity index (χ0v) is 13.3. The second kappa shape index (κ2) is 7.76. The molecular formula is C16H25N3O2. The standard InChI is InChI=1S/C16H25N3O2/c1-5-6-10-19(4)15(21)16(2,3)14(20)18-12-13-8-7-9-17-11-13/h7-9,11H,5-6,10,12H2,1-4H3,(H,18,20). The van der Waals surface area contributed by atoms with Gasteiger partial charge in [-0.1, -0.05) is 19.4 Å². The summed E-state index contributed by atoms with van der Waals surface area (Å²) >= 11 is 0. The Hall–Kier alpha value is -1.91. The number of aromatic nitrogens is 1. The number of nitrogens with one attached hydrogen (secondary N) is 1. The third-order valence-corrected chi connectivity index (χ3v) is 3.47. The van der Waals surface area contributed by atoms with Gasteiger partial charge in [-0.2, -0.15) is 0 Å². The van der Waals surface area contributed by atoms with Gasteiger partial charge < -0.3 is 10.2 Å². The number of hydrogen-bond acceptors (Lipinski definition) is 3. The Morgan fingerprint density at radius 2 is 2.10 bits per heavy atom. The number of nitrogens with zero attached hydrogens (tertiary/aromatic N) is 2. The van der Waals surface area contributed by atoms with Crippen molar-refractivity contribution in [1.82, 2.24) is 15.2 Å². The van der Waals surface area contributed by atoms with E-state index in [2.05, 4.69) is 17.2 Å². The minimum Gasteiger partial charge on any atom is -0.351 e. The molecule has 1 heterocycles. The van der Waals surface area contributed by atoms with Crippen molar-refractivity contribution in [3.05, 3.63) is 30.1 Å². The second-order valence-corrected chi connectivity index (χ2v) is 5.75. The van der Waals surface area contributed by atoms with Gasteiger partial charge in [-0.05, 0) is 31.9 Å². The van der Waals surface area contributed by atoms with Crippen LogP contribution in [0.15, 0.2) is 24.5 Å². The topological polar surface area (TPSA) is 62.3 Å². The van der Waals surface area contributed by atoms with Crippen LogP contribution in [0, 0.1) is 5.41 Å². The quantitative estimate of drug-likeness (QED) is 0.781. The molecule has 0 aliphatic carbocycles. The normalized spacial score (nSPS) is 11.0. The van der Waals surface area contributed by atoms with Crippen molar-refractivity contribution in [2.45, 2.75) is 40.2 Å². The van der Waals surface area contributed by atoms with Gasteiger partial charge in [0.15, 0.2) is 0 Å². The summed E-state index contributed by atoms with van der Waals surface area (Å²) in [5.41, 5.74) is -0.154. The summed E-state index contributed by atoms with van der Waals surface area (Å²) in [4.78, 5) is 30.3. The molecule has 1 aromatic heterocycles. The van der Waals surface area contributed by atoms with Gasteiger partial charge in [0.2, 0.25) is 11.8 Å². The van der Waals surface area contributed by atoms with Crippen molar-refractivity contribution in [1.29, 1.82) is 0 Å². The van der Waals surface area contributed by atoms with Crippen LogP contribution in [0.4, 0.5) is 0 Å². The molecule has 0 aliphatic rings. The lowest BCUT2D eigenvalue weighted by Gasteiger charge is -2.28. The largest absolute Gasteiger partial charge is 0.351 e. The van der Waals surface area contributed by atoms with Crippen molar-refractivity contribution in [3.8, 4) is 0 Å². The van der Waals surface area contributed by atoms with Crippen molar-refractivity contribution >= 4 is 11.8 Å². The van der Waals surface area contributed by atoms with E-state index in [1.807, 2.05) is 12.1 Å². The maximum absolute atomic E-state index is 12.4. The summed E-state index contributed by atoms with van der Waals surface area (Å²) in [6, 6.07) is 3.70. The molecule has 1 rings (SSSR count). The lowest BCUT2D eigenvalue weighted by molar-refractivity contribution is -0.147. The van der Waals surface area contributed by atoms with Gasteiger partial charge in [0, 0.05) is 32.5 Å². The minimum atomic E-state index is -1.06. The van der Waals surface area contributed by atoms with E-state index in [-0.39, 0.29) is 11.8 Å². The zero-order valence-electron chi connectivity index (χ0n) is 13.3. The molecule has 0 bridgehead atoms. The molecule has 0 aromatic carbocycles. The highest BCUT2D eigenvalue weighted by atomic mass is 16.2. The van der Waals surface area contributed by atoms with Crippen LogP contribution in [0.1, 0.15) is 39.2 Å². The summed E-state index contributed by atoms with van der Waals surface area (Å²) in [6.07, 6.45) is 5.34. The number of carbonyl (C=O) groups is 2. The molecule has 0 atom stereocenters. The molecule has 0 saturated carbocycles. The molecule has 0 saturated heterocycles. The zero-order chi connectivity index (χ0) is 15.9. The Balaban J connectivity index is 2.59. The number of unbranched alkanes of at least 4 members (excludes halogenated alkanes) is 1. The highest BCUT2D eigenvalue weighted by molar-refractivity contribution is 6.04. The first-order valence-electron chi connectivity index (χ1n) is 7.32. The van der Waals surface area contributed by atoms with Gasteiger partial charge in [-0.15, -0.1) is 0 Å². The minimum absolute atomic E-state index is 0.153. The molecular weight excluding hydrogens is 266 g/mol. The molecule has 0 fully saturated rings. The molecule has 116 valence electrons. The predicted molar refractivity (Wildman–Crippen MR) is 82.4 cm³/mol. The Bertz CT molecular complexity index is 472. The molecule has 0 radical (unpaired) electrons. The van der Waals surface area contributed by atoms with Crippen LogP contribution >= 0.6 is 0 Å². The predicted octanol–water partition coefficient (Wildman–Crippen LogP) is 1.98. The Morgan fingerprint density at radius 1 is 1.38 bits per heavy atom. The van der Waals surface area contributed by atoms with Crippen LogP contribution < -0.4 is 5.32 Å². The first-order chi connectivity index (χ1) is 9.89. The number of hydrogen-bond donors (Lipinski definition) is 1. The highest BCUT2D eigenvalue weighted by Crippen LogP contribution is 2.19. The van der Waals surface area contributed by atoms with Gasteiger partial charge in [0.05, 0.1) is 0 Å². The summed E-state index contributed by atoms with van der Waals surface area (Å²) in [5, 5.41) is 2.80. The van der Waals surface area contributed by atoms with E-state index in [1.54, 1.807) is 38.2 Å². The van der Waals surface area contributed by atoms with Gasteiger partial charge in [0.1, 0.15) is 5.41 Å². The van der Waals surface area contributed by atoms with E-state index in [1.165, 1.54) is 0 Å². The molecule has 0 unspecified atom stereocenters. The fourth-order valence-corrected chi connectivity index (χ4v) is 1.98. The lowest BCUT2D eigenvalue weighted by Crippen LogP contribution is -2.48. The van der Waals surface area contributed by atoms with Crippen molar-refractivity contribution in [2.24, 2.45) is 5.41 Å². The Morgan fingerprint density at radius 3 is 2.67 bits per heavy atom. The van der Waals surface area contributed by atoms with E-state index in [9.17, 15) is 9.59 Å². The van der Waals surface area contributed by atoms with Gasteiger partial charge in [0.25, 0.3) is 0 Å². The summed E-state index contributed by atoms with van der Waals surface area (Å²) in [6.45, 7) is 6.45. The molecule has 2 amide bonds. The maximum atomic E-state index is 12.4.